The second kappa shape index (κ2) is 4.66. The Hall–Kier alpha value is -1.35. The van der Waals surface area contributed by atoms with Crippen molar-refractivity contribution in [1.82, 2.24) is 4.90 Å². The fourth-order valence-corrected chi connectivity index (χ4v) is 2.13. The number of amidine groups is 1. The molecule has 0 fully saturated rings. The summed E-state index contributed by atoms with van der Waals surface area (Å²) in [4.78, 5) is 2.14. The van der Waals surface area contributed by atoms with Gasteiger partial charge in [-0.3, -0.25) is 5.41 Å². The van der Waals surface area contributed by atoms with Crippen LogP contribution in [-0.2, 0) is 11.3 Å². The van der Waals surface area contributed by atoms with Crippen molar-refractivity contribution < 1.29 is 4.74 Å². The minimum absolute atomic E-state index is 0.361. The van der Waals surface area contributed by atoms with Gasteiger partial charge in [-0.05, 0) is 18.9 Å². The van der Waals surface area contributed by atoms with Crippen LogP contribution in [0.1, 0.15) is 24.5 Å². The minimum Gasteiger partial charge on any atom is -0.385 e. The lowest BCUT2D eigenvalue weighted by Crippen LogP contribution is -2.34. The van der Waals surface area contributed by atoms with Crippen LogP contribution in [0.5, 0.6) is 0 Å². The minimum atomic E-state index is 0.361. The maximum Gasteiger partial charge on any atom is 0.128 e. The summed E-state index contributed by atoms with van der Waals surface area (Å²) >= 11 is 0. The van der Waals surface area contributed by atoms with Crippen molar-refractivity contribution >= 4 is 5.84 Å². The number of hydrogen-bond acceptors (Lipinski definition) is 2. The molecule has 0 saturated heterocycles. The summed E-state index contributed by atoms with van der Waals surface area (Å²) in [7, 11) is 1.72. The van der Waals surface area contributed by atoms with E-state index >= 15 is 0 Å². The smallest absolute Gasteiger partial charge is 0.128 e. The van der Waals surface area contributed by atoms with Crippen molar-refractivity contribution in [3.8, 4) is 0 Å². The summed E-state index contributed by atoms with van der Waals surface area (Å²) in [6.07, 6.45) is 0.965. The zero-order valence-corrected chi connectivity index (χ0v) is 9.86. The van der Waals surface area contributed by atoms with Gasteiger partial charge in [0.05, 0.1) is 0 Å². The van der Waals surface area contributed by atoms with E-state index in [4.69, 9.17) is 10.1 Å². The van der Waals surface area contributed by atoms with Gasteiger partial charge in [0.25, 0.3) is 0 Å². The fraction of sp³-hybridized carbons (Fsp3) is 0.462. The molecule has 1 aromatic rings. The van der Waals surface area contributed by atoms with E-state index in [2.05, 4.69) is 17.9 Å². The molecular formula is C13H18N2O. The SMILES string of the molecule is COCCC(C)N1Cc2ccccc2C1=N. The zero-order valence-electron chi connectivity index (χ0n) is 9.86. The molecule has 0 bridgehead atoms. The summed E-state index contributed by atoms with van der Waals surface area (Å²) in [5, 5.41) is 8.14. The normalized spacial score (nSPS) is 16.4. The predicted octanol–water partition coefficient (Wildman–Crippen LogP) is 2.25. The van der Waals surface area contributed by atoms with E-state index in [-0.39, 0.29) is 0 Å². The molecule has 86 valence electrons. The highest BCUT2D eigenvalue weighted by Crippen LogP contribution is 2.24. The molecule has 1 aromatic carbocycles. The monoisotopic (exact) mass is 218 g/mol. The van der Waals surface area contributed by atoms with Gasteiger partial charge < -0.3 is 9.64 Å². The number of fused-ring (bicyclic) bond motifs is 1. The largest absolute Gasteiger partial charge is 0.385 e. The molecule has 1 N–H and O–H groups in total. The average molecular weight is 218 g/mol. The molecule has 1 atom stereocenters. The first-order valence-electron chi connectivity index (χ1n) is 5.66. The third kappa shape index (κ3) is 1.95. The maximum atomic E-state index is 8.14. The van der Waals surface area contributed by atoms with Crippen LogP contribution in [-0.4, -0.2) is 30.5 Å². The lowest BCUT2D eigenvalue weighted by atomic mass is 10.1. The van der Waals surface area contributed by atoms with Crippen molar-refractivity contribution in [2.24, 2.45) is 0 Å². The fourth-order valence-electron chi connectivity index (χ4n) is 2.13. The summed E-state index contributed by atoms with van der Waals surface area (Å²) in [5.41, 5.74) is 2.34. The number of methoxy groups -OCH3 is 1. The number of ether oxygens (including phenoxy) is 1. The van der Waals surface area contributed by atoms with Gasteiger partial charge in [0, 0.05) is 31.9 Å². The van der Waals surface area contributed by atoms with Gasteiger partial charge in [-0.1, -0.05) is 24.3 Å². The van der Waals surface area contributed by atoms with Gasteiger partial charge in [0.1, 0.15) is 5.84 Å². The Balaban J connectivity index is 2.09. The summed E-state index contributed by atoms with van der Waals surface area (Å²) in [6, 6.07) is 8.53. The highest BCUT2D eigenvalue weighted by atomic mass is 16.5. The molecule has 0 amide bonds. The molecule has 3 nitrogen and oxygen atoms in total. The van der Waals surface area contributed by atoms with E-state index in [1.807, 2.05) is 18.2 Å². The zero-order chi connectivity index (χ0) is 11.5. The van der Waals surface area contributed by atoms with Crippen LogP contribution in [0.3, 0.4) is 0 Å². The molecule has 0 saturated carbocycles. The highest BCUT2D eigenvalue weighted by molar-refractivity contribution is 6.00. The Labute approximate surface area is 96.5 Å². The van der Waals surface area contributed by atoms with E-state index in [0.29, 0.717) is 11.9 Å². The average Bonchev–Trinajstić information content (AvgIpc) is 2.64. The lowest BCUT2D eigenvalue weighted by Gasteiger charge is -2.25. The molecule has 1 aliphatic heterocycles. The Morgan fingerprint density at radius 2 is 2.19 bits per heavy atom. The lowest BCUT2D eigenvalue weighted by molar-refractivity contribution is 0.167. The van der Waals surface area contributed by atoms with E-state index in [1.54, 1.807) is 7.11 Å². The molecule has 3 heteroatoms. The second-order valence-corrected chi connectivity index (χ2v) is 4.26. The van der Waals surface area contributed by atoms with Crippen molar-refractivity contribution in [3.63, 3.8) is 0 Å². The third-order valence-corrected chi connectivity index (χ3v) is 3.17. The molecule has 16 heavy (non-hydrogen) atoms. The summed E-state index contributed by atoms with van der Waals surface area (Å²) in [5.74, 6) is 0.652. The molecule has 1 heterocycles. The first-order valence-corrected chi connectivity index (χ1v) is 5.66. The quantitative estimate of drug-likeness (QED) is 0.841. The molecule has 0 aliphatic carbocycles. The van der Waals surface area contributed by atoms with Crippen molar-refractivity contribution in [2.75, 3.05) is 13.7 Å². The first kappa shape index (κ1) is 11.1. The van der Waals surface area contributed by atoms with Crippen molar-refractivity contribution in [2.45, 2.75) is 25.9 Å². The maximum absolute atomic E-state index is 8.14. The molecule has 2 rings (SSSR count). The molecule has 1 unspecified atom stereocenters. The summed E-state index contributed by atoms with van der Waals surface area (Å²) in [6.45, 7) is 3.76. The van der Waals surface area contributed by atoms with Gasteiger partial charge in [-0.25, -0.2) is 0 Å². The van der Waals surface area contributed by atoms with Crippen molar-refractivity contribution in [1.29, 1.82) is 5.41 Å². The van der Waals surface area contributed by atoms with Crippen LogP contribution in [0.15, 0.2) is 24.3 Å². The van der Waals surface area contributed by atoms with E-state index in [1.165, 1.54) is 5.56 Å². The number of benzene rings is 1. The van der Waals surface area contributed by atoms with Crippen LogP contribution in [0.4, 0.5) is 0 Å². The summed E-state index contributed by atoms with van der Waals surface area (Å²) < 4.78 is 5.09. The van der Waals surface area contributed by atoms with E-state index in [9.17, 15) is 0 Å². The van der Waals surface area contributed by atoms with Crippen molar-refractivity contribution in [3.05, 3.63) is 35.4 Å². The molecule has 0 spiro atoms. The second-order valence-electron chi connectivity index (χ2n) is 4.26. The van der Waals surface area contributed by atoms with Gasteiger partial charge in [0.15, 0.2) is 0 Å². The van der Waals surface area contributed by atoms with Gasteiger partial charge in [-0.15, -0.1) is 0 Å². The number of nitrogens with one attached hydrogen (secondary N) is 1. The Bertz CT molecular complexity index is 389. The predicted molar refractivity (Wildman–Crippen MR) is 64.8 cm³/mol. The van der Waals surface area contributed by atoms with Crippen LogP contribution in [0, 0.1) is 5.41 Å². The Kier molecular flexibility index (Phi) is 3.25. The molecule has 1 aliphatic rings. The number of rotatable bonds is 4. The highest BCUT2D eigenvalue weighted by Gasteiger charge is 2.26. The van der Waals surface area contributed by atoms with Gasteiger partial charge in [0.2, 0.25) is 0 Å². The molecular weight excluding hydrogens is 200 g/mol. The van der Waals surface area contributed by atoms with Gasteiger partial charge in [-0.2, -0.15) is 0 Å². The van der Waals surface area contributed by atoms with E-state index < -0.39 is 0 Å². The van der Waals surface area contributed by atoms with Crippen LogP contribution >= 0.6 is 0 Å². The van der Waals surface area contributed by atoms with Crippen LogP contribution in [0.25, 0.3) is 0 Å². The number of hydrogen-bond donors (Lipinski definition) is 1. The topological polar surface area (TPSA) is 36.3 Å². The van der Waals surface area contributed by atoms with E-state index in [0.717, 1.165) is 25.1 Å². The van der Waals surface area contributed by atoms with Gasteiger partial charge >= 0.3 is 0 Å². The first-order chi connectivity index (χ1) is 7.74. The number of nitrogens with zero attached hydrogens (tertiary/aromatic N) is 1. The Morgan fingerprint density at radius 3 is 2.88 bits per heavy atom. The molecule has 0 radical (unpaired) electrons. The van der Waals surface area contributed by atoms with Crippen LogP contribution in [0.2, 0.25) is 0 Å². The molecule has 0 aromatic heterocycles. The van der Waals surface area contributed by atoms with Crippen LogP contribution < -0.4 is 0 Å². The Morgan fingerprint density at radius 1 is 1.44 bits per heavy atom. The standard InChI is InChI=1S/C13H18N2O/c1-10(7-8-16-2)15-9-11-5-3-4-6-12(11)13(15)14/h3-6,10,14H,7-9H2,1-2H3. The third-order valence-electron chi connectivity index (χ3n) is 3.17.